The van der Waals surface area contributed by atoms with E-state index in [0.717, 1.165) is 38.5 Å². The summed E-state index contributed by atoms with van der Waals surface area (Å²) in [6.45, 7) is 6.31. The van der Waals surface area contributed by atoms with Gasteiger partial charge in [0.15, 0.2) is 0 Å². The van der Waals surface area contributed by atoms with E-state index in [1.807, 2.05) is 30.3 Å². The molecular weight excluding hydrogens is 448 g/mol. The number of benzene rings is 1. The fourth-order valence-corrected chi connectivity index (χ4v) is 4.86. The molecule has 0 spiro atoms. The molecule has 1 unspecified atom stereocenters. The number of aromatic nitrogens is 2. The van der Waals surface area contributed by atoms with Crippen molar-refractivity contribution in [2.75, 3.05) is 39.4 Å². The quantitative estimate of drug-likeness (QED) is 0.299. The minimum Gasteiger partial charge on any atom is -0.872 e. The average Bonchev–Trinajstić information content (AvgIpc) is 3.60. The van der Waals surface area contributed by atoms with Crippen LogP contribution in [0.5, 0.6) is 0 Å². The van der Waals surface area contributed by atoms with E-state index in [2.05, 4.69) is 5.10 Å². The van der Waals surface area contributed by atoms with Crippen LogP contribution in [0.25, 0.3) is 11.4 Å². The first kappa shape index (κ1) is 23.1. The summed E-state index contributed by atoms with van der Waals surface area (Å²) in [5.41, 5.74) is 1.61. The predicted molar refractivity (Wildman–Crippen MR) is 124 cm³/mol. The van der Waals surface area contributed by atoms with Gasteiger partial charge < -0.3 is 24.1 Å². The molecule has 0 saturated carbocycles. The SMILES string of the molecule is Cc1c(/C([O-])=C2\C(=O)C(=O)N(CCC[NH+]3CCOCC3)C2c2ccco2)cnn1-c1ccccc1. The molecule has 2 aliphatic heterocycles. The first-order valence-electron chi connectivity index (χ1n) is 11.9. The van der Waals surface area contributed by atoms with Gasteiger partial charge in [0.25, 0.3) is 5.91 Å². The van der Waals surface area contributed by atoms with E-state index in [1.165, 1.54) is 22.3 Å². The molecule has 1 amide bonds. The second-order valence-corrected chi connectivity index (χ2v) is 8.85. The van der Waals surface area contributed by atoms with Crippen LogP contribution in [0.2, 0.25) is 0 Å². The molecule has 2 saturated heterocycles. The maximum Gasteiger partial charge on any atom is 0.295 e. The highest BCUT2D eigenvalue weighted by Crippen LogP contribution is 2.39. The standard InChI is InChI=1S/C26H28N4O5/c1-18-20(17-27-30(18)19-7-3-2-4-8-19)24(31)22-23(21-9-5-14-35-21)29(26(33)25(22)32)11-6-10-28-12-15-34-16-13-28/h2-5,7-9,14,17,23,31H,6,10-13,15-16H2,1H3/b24-22+. The molecule has 0 bridgehead atoms. The zero-order valence-corrected chi connectivity index (χ0v) is 19.6. The lowest BCUT2D eigenvalue weighted by atomic mass is 9.99. The Labute approximate surface area is 203 Å². The molecule has 3 aromatic rings. The highest BCUT2D eigenvalue weighted by atomic mass is 16.5. The van der Waals surface area contributed by atoms with Crippen molar-refractivity contribution >= 4 is 17.4 Å². The zero-order chi connectivity index (χ0) is 24.4. The normalized spacial score (nSPS) is 20.6. The highest BCUT2D eigenvalue weighted by Gasteiger charge is 2.45. The summed E-state index contributed by atoms with van der Waals surface area (Å²) in [5.74, 6) is -1.54. The van der Waals surface area contributed by atoms with Gasteiger partial charge in [0.05, 0.1) is 37.9 Å². The fraction of sp³-hybridized carbons (Fsp3) is 0.346. The van der Waals surface area contributed by atoms with E-state index in [0.29, 0.717) is 30.0 Å². The van der Waals surface area contributed by atoms with Crippen molar-refractivity contribution in [3.05, 3.63) is 77.5 Å². The second kappa shape index (κ2) is 9.89. The molecule has 4 heterocycles. The number of ketones is 1. The molecule has 9 nitrogen and oxygen atoms in total. The summed E-state index contributed by atoms with van der Waals surface area (Å²) in [6, 6.07) is 12.0. The van der Waals surface area contributed by atoms with Gasteiger partial charge in [0.1, 0.15) is 24.9 Å². The van der Waals surface area contributed by atoms with Crippen molar-refractivity contribution in [2.45, 2.75) is 19.4 Å². The van der Waals surface area contributed by atoms with Crippen LogP contribution in [0.1, 0.15) is 29.5 Å². The number of likely N-dealkylation sites (tertiary alicyclic amines) is 1. The summed E-state index contributed by atoms with van der Waals surface area (Å²) in [7, 11) is 0. The van der Waals surface area contributed by atoms with Gasteiger partial charge in [-0.3, -0.25) is 9.59 Å². The lowest BCUT2D eigenvalue weighted by molar-refractivity contribution is -0.908. The molecule has 2 fully saturated rings. The fourth-order valence-electron chi connectivity index (χ4n) is 4.86. The number of ether oxygens (including phenoxy) is 1. The maximum atomic E-state index is 13.7. The molecule has 1 atom stereocenters. The molecule has 0 radical (unpaired) electrons. The number of carbonyl (C=O) groups excluding carboxylic acids is 2. The predicted octanol–water partition coefficient (Wildman–Crippen LogP) is 0.303. The van der Waals surface area contributed by atoms with Gasteiger partial charge >= 0.3 is 0 Å². The average molecular weight is 477 g/mol. The summed E-state index contributed by atoms with van der Waals surface area (Å²) >= 11 is 0. The third-order valence-electron chi connectivity index (χ3n) is 6.73. The Morgan fingerprint density at radius 1 is 1.14 bits per heavy atom. The van der Waals surface area contributed by atoms with Crippen molar-refractivity contribution < 1.29 is 28.7 Å². The summed E-state index contributed by atoms with van der Waals surface area (Å²) in [6.07, 6.45) is 3.65. The summed E-state index contributed by atoms with van der Waals surface area (Å²) < 4.78 is 12.7. The van der Waals surface area contributed by atoms with Crippen molar-refractivity contribution in [1.82, 2.24) is 14.7 Å². The van der Waals surface area contributed by atoms with Crippen LogP contribution in [0.15, 0.2) is 64.9 Å². The van der Waals surface area contributed by atoms with Crippen LogP contribution in [0.3, 0.4) is 0 Å². The van der Waals surface area contributed by atoms with E-state index >= 15 is 0 Å². The number of hydrogen-bond donors (Lipinski definition) is 1. The number of morpholine rings is 1. The number of furan rings is 1. The third kappa shape index (κ3) is 4.40. The number of nitrogens with one attached hydrogen (secondary N) is 1. The molecular formula is C26H28N4O5. The number of rotatable bonds is 7. The molecule has 5 rings (SSSR count). The number of hydrogen-bond acceptors (Lipinski definition) is 6. The lowest BCUT2D eigenvalue weighted by Crippen LogP contribution is -3.14. The van der Waals surface area contributed by atoms with Crippen LogP contribution in [0, 0.1) is 6.92 Å². The first-order chi connectivity index (χ1) is 17.1. The number of para-hydroxylation sites is 1. The Morgan fingerprint density at radius 2 is 1.91 bits per heavy atom. The van der Waals surface area contributed by atoms with E-state index in [4.69, 9.17) is 9.15 Å². The van der Waals surface area contributed by atoms with E-state index < -0.39 is 23.5 Å². The van der Waals surface area contributed by atoms with Gasteiger partial charge in [-0.25, -0.2) is 4.68 Å². The van der Waals surface area contributed by atoms with Gasteiger partial charge in [0, 0.05) is 29.8 Å². The van der Waals surface area contributed by atoms with E-state index in [-0.39, 0.29) is 5.57 Å². The maximum absolute atomic E-state index is 13.7. The van der Waals surface area contributed by atoms with Crippen LogP contribution >= 0.6 is 0 Å². The molecule has 1 aromatic carbocycles. The largest absolute Gasteiger partial charge is 0.872 e. The second-order valence-electron chi connectivity index (χ2n) is 8.85. The minimum atomic E-state index is -0.850. The lowest BCUT2D eigenvalue weighted by Gasteiger charge is -2.27. The molecule has 0 aliphatic carbocycles. The van der Waals surface area contributed by atoms with Crippen molar-refractivity contribution in [1.29, 1.82) is 0 Å². The van der Waals surface area contributed by atoms with Crippen molar-refractivity contribution in [2.24, 2.45) is 0 Å². The Kier molecular flexibility index (Phi) is 6.52. The summed E-state index contributed by atoms with van der Waals surface area (Å²) in [5, 5.41) is 18.1. The monoisotopic (exact) mass is 476 g/mol. The molecule has 2 aliphatic rings. The Balaban J connectivity index is 1.47. The number of amides is 1. The smallest absolute Gasteiger partial charge is 0.295 e. The number of carbonyl (C=O) groups is 2. The molecule has 9 heteroatoms. The van der Waals surface area contributed by atoms with Crippen molar-refractivity contribution in [3.63, 3.8) is 0 Å². The summed E-state index contributed by atoms with van der Waals surface area (Å²) in [4.78, 5) is 29.1. The Hall–Kier alpha value is -3.69. The van der Waals surface area contributed by atoms with Crippen LogP contribution < -0.4 is 10.0 Å². The highest BCUT2D eigenvalue weighted by molar-refractivity contribution is 6.46. The number of quaternary nitrogens is 1. The van der Waals surface area contributed by atoms with Crippen molar-refractivity contribution in [3.8, 4) is 5.69 Å². The Morgan fingerprint density at radius 3 is 2.63 bits per heavy atom. The Bertz CT molecular complexity index is 1230. The van der Waals surface area contributed by atoms with E-state index in [1.54, 1.807) is 23.7 Å². The van der Waals surface area contributed by atoms with Gasteiger partial charge in [-0.15, -0.1) is 0 Å². The van der Waals surface area contributed by atoms with Gasteiger partial charge in [0.2, 0.25) is 5.78 Å². The topological polar surface area (TPSA) is 105 Å². The van der Waals surface area contributed by atoms with E-state index in [9.17, 15) is 14.7 Å². The van der Waals surface area contributed by atoms with Gasteiger partial charge in [-0.2, -0.15) is 5.10 Å². The van der Waals surface area contributed by atoms with Gasteiger partial charge in [-0.1, -0.05) is 24.0 Å². The molecule has 1 N–H and O–H groups in total. The molecule has 2 aromatic heterocycles. The molecule has 35 heavy (non-hydrogen) atoms. The van der Waals surface area contributed by atoms with Crippen LogP contribution in [-0.2, 0) is 14.3 Å². The van der Waals surface area contributed by atoms with Crippen LogP contribution in [0.4, 0.5) is 0 Å². The number of Topliss-reactive ketones (excluding diaryl/α,β-unsaturated/α-hetero) is 1. The molecule has 182 valence electrons. The van der Waals surface area contributed by atoms with Gasteiger partial charge in [-0.05, 0) is 31.2 Å². The van der Waals surface area contributed by atoms with Crippen LogP contribution in [-0.4, -0.2) is 65.8 Å². The zero-order valence-electron chi connectivity index (χ0n) is 19.6. The first-order valence-corrected chi connectivity index (χ1v) is 11.9. The minimum absolute atomic E-state index is 0.0839. The third-order valence-corrected chi connectivity index (χ3v) is 6.73. The number of nitrogens with zero attached hydrogens (tertiary/aromatic N) is 3.